The summed E-state index contributed by atoms with van der Waals surface area (Å²) < 4.78 is 33.1. The van der Waals surface area contributed by atoms with Crippen molar-refractivity contribution in [3.63, 3.8) is 0 Å². The molecule has 2 heterocycles. The number of hydrogen-bond donors (Lipinski definition) is 0. The van der Waals surface area contributed by atoms with Crippen LogP contribution in [0.25, 0.3) is 0 Å². The zero-order valence-corrected chi connectivity index (χ0v) is 16.9. The fraction of sp³-hybridized carbons (Fsp3) is 0.611. The van der Waals surface area contributed by atoms with Crippen molar-refractivity contribution in [1.82, 2.24) is 9.21 Å². The number of thioether (sulfide) groups is 1. The van der Waals surface area contributed by atoms with Gasteiger partial charge in [-0.3, -0.25) is 4.79 Å². The molecule has 1 aromatic carbocycles. The number of carbonyl (C=O) groups is 1. The van der Waals surface area contributed by atoms with Crippen molar-refractivity contribution in [3.8, 4) is 0 Å². The molecular formula is C18H26N2O4S2. The van der Waals surface area contributed by atoms with Gasteiger partial charge in [0.2, 0.25) is 10.0 Å². The van der Waals surface area contributed by atoms with Crippen LogP contribution >= 0.6 is 11.8 Å². The predicted molar refractivity (Wildman–Crippen MR) is 103 cm³/mol. The van der Waals surface area contributed by atoms with Gasteiger partial charge in [-0.2, -0.15) is 16.1 Å². The highest BCUT2D eigenvalue weighted by molar-refractivity contribution is 7.98. The lowest BCUT2D eigenvalue weighted by molar-refractivity contribution is -0.167. The lowest BCUT2D eigenvalue weighted by Gasteiger charge is -2.47. The van der Waals surface area contributed by atoms with E-state index in [0.29, 0.717) is 25.2 Å². The quantitative estimate of drug-likeness (QED) is 0.734. The molecule has 8 heteroatoms. The molecule has 144 valence electrons. The van der Waals surface area contributed by atoms with E-state index < -0.39 is 10.0 Å². The third-order valence-electron chi connectivity index (χ3n) is 5.30. The Bertz CT molecular complexity index is 752. The molecule has 6 nitrogen and oxygen atoms in total. The fourth-order valence-corrected chi connectivity index (χ4v) is 5.35. The highest BCUT2D eigenvalue weighted by atomic mass is 32.2. The molecule has 2 aliphatic rings. The monoisotopic (exact) mass is 398 g/mol. The van der Waals surface area contributed by atoms with E-state index in [1.165, 1.54) is 10.4 Å². The van der Waals surface area contributed by atoms with Gasteiger partial charge >= 0.3 is 0 Å². The average molecular weight is 399 g/mol. The van der Waals surface area contributed by atoms with Crippen molar-refractivity contribution in [2.24, 2.45) is 0 Å². The van der Waals surface area contributed by atoms with Gasteiger partial charge in [-0.15, -0.1) is 0 Å². The third kappa shape index (κ3) is 3.93. The molecule has 1 aromatic rings. The van der Waals surface area contributed by atoms with E-state index in [9.17, 15) is 13.2 Å². The molecule has 0 saturated carbocycles. The summed E-state index contributed by atoms with van der Waals surface area (Å²) in [5.74, 6) is 0.689. The second kappa shape index (κ2) is 7.88. The summed E-state index contributed by atoms with van der Waals surface area (Å²) in [5.41, 5.74) is 0.314. The first-order valence-electron chi connectivity index (χ1n) is 8.87. The predicted octanol–water partition coefficient (Wildman–Crippen LogP) is 2.07. The van der Waals surface area contributed by atoms with Crippen molar-refractivity contribution in [1.29, 1.82) is 0 Å². The van der Waals surface area contributed by atoms with Crippen LogP contribution in [0.3, 0.4) is 0 Å². The van der Waals surface area contributed by atoms with Crippen LogP contribution in [-0.2, 0) is 14.8 Å². The fourth-order valence-electron chi connectivity index (χ4n) is 3.41. The average Bonchev–Trinajstić information content (AvgIpc) is 2.64. The van der Waals surface area contributed by atoms with Gasteiger partial charge in [-0.1, -0.05) is 6.07 Å². The molecule has 0 N–H and O–H groups in total. The number of piperidine rings is 1. The molecule has 0 radical (unpaired) electrons. The van der Waals surface area contributed by atoms with Gasteiger partial charge in [0.25, 0.3) is 5.91 Å². The van der Waals surface area contributed by atoms with Crippen LogP contribution in [0.2, 0.25) is 0 Å². The van der Waals surface area contributed by atoms with Gasteiger partial charge in [-0.25, -0.2) is 8.42 Å². The van der Waals surface area contributed by atoms with Gasteiger partial charge in [0.05, 0.1) is 17.1 Å². The Morgan fingerprint density at radius 3 is 2.58 bits per heavy atom. The Balaban J connectivity index is 1.73. The zero-order valence-electron chi connectivity index (χ0n) is 15.3. The number of sulfonamides is 1. The first-order valence-corrected chi connectivity index (χ1v) is 11.7. The second-order valence-corrected chi connectivity index (χ2v) is 9.86. The van der Waals surface area contributed by atoms with Crippen LogP contribution in [0.1, 0.15) is 29.6 Å². The topological polar surface area (TPSA) is 66.9 Å². The summed E-state index contributed by atoms with van der Waals surface area (Å²) in [6.07, 6.45) is 4.49. The molecule has 0 unspecified atom stereocenters. The second-order valence-electron chi connectivity index (χ2n) is 6.93. The Kier molecular flexibility index (Phi) is 5.96. The summed E-state index contributed by atoms with van der Waals surface area (Å²) in [4.78, 5) is 14.3. The van der Waals surface area contributed by atoms with Crippen molar-refractivity contribution < 1.29 is 17.9 Å². The van der Waals surface area contributed by atoms with Crippen LogP contribution in [0, 0.1) is 0 Å². The Labute approximate surface area is 159 Å². The lowest BCUT2D eigenvalue weighted by Crippen LogP contribution is -2.53. The van der Waals surface area contributed by atoms with Gasteiger partial charge in [-0.05, 0) is 43.7 Å². The Hall–Kier alpha value is -1.09. The summed E-state index contributed by atoms with van der Waals surface area (Å²) in [7, 11) is -1.85. The normalized spacial score (nSPS) is 19.9. The molecule has 0 atom stereocenters. The minimum atomic E-state index is -3.59. The third-order valence-corrected chi connectivity index (χ3v) is 7.78. The highest BCUT2D eigenvalue weighted by Crippen LogP contribution is 2.38. The van der Waals surface area contributed by atoms with E-state index in [2.05, 4.69) is 0 Å². The summed E-state index contributed by atoms with van der Waals surface area (Å²) in [5, 5.41) is 0. The SMILES string of the molecule is CSCCN(C)C(=O)c1cccc(S(=O)(=O)N2CCC3(CCO3)CC2)c1. The molecule has 0 bridgehead atoms. The molecule has 2 aliphatic heterocycles. The van der Waals surface area contributed by atoms with E-state index >= 15 is 0 Å². The van der Waals surface area contributed by atoms with Crippen LogP contribution in [-0.4, -0.2) is 74.4 Å². The van der Waals surface area contributed by atoms with E-state index in [4.69, 9.17) is 4.74 Å². The first kappa shape index (κ1) is 19.7. The molecular weight excluding hydrogens is 372 g/mol. The zero-order chi connectivity index (χ0) is 18.8. The van der Waals surface area contributed by atoms with Gasteiger partial charge < -0.3 is 9.64 Å². The molecule has 0 aromatic heterocycles. The largest absolute Gasteiger partial charge is 0.375 e. The highest BCUT2D eigenvalue weighted by Gasteiger charge is 2.43. The number of hydrogen-bond acceptors (Lipinski definition) is 5. The number of amides is 1. The van der Waals surface area contributed by atoms with Gasteiger partial charge in [0.15, 0.2) is 0 Å². The minimum absolute atomic E-state index is 0.0934. The minimum Gasteiger partial charge on any atom is -0.375 e. The Morgan fingerprint density at radius 1 is 1.31 bits per heavy atom. The number of ether oxygens (including phenoxy) is 1. The van der Waals surface area contributed by atoms with E-state index in [1.807, 2.05) is 6.26 Å². The molecule has 1 amide bonds. The van der Waals surface area contributed by atoms with Gasteiger partial charge in [0.1, 0.15) is 0 Å². The van der Waals surface area contributed by atoms with E-state index in [0.717, 1.165) is 31.6 Å². The standard InChI is InChI=1S/C18H26N2O4S2/c1-19(11-13-25-2)17(21)15-4-3-5-16(14-15)26(22,23)20-9-6-18(7-10-20)8-12-24-18/h3-5,14H,6-13H2,1-2H3. The molecule has 0 aliphatic carbocycles. The molecule has 2 saturated heterocycles. The maximum Gasteiger partial charge on any atom is 0.253 e. The van der Waals surface area contributed by atoms with Crippen LogP contribution < -0.4 is 0 Å². The lowest BCUT2D eigenvalue weighted by atomic mass is 9.85. The number of benzene rings is 1. The van der Waals surface area contributed by atoms with Crippen molar-refractivity contribution in [2.75, 3.05) is 45.3 Å². The molecule has 2 fully saturated rings. The van der Waals surface area contributed by atoms with Crippen molar-refractivity contribution in [3.05, 3.63) is 29.8 Å². The molecule has 26 heavy (non-hydrogen) atoms. The van der Waals surface area contributed by atoms with Gasteiger partial charge in [0, 0.05) is 38.0 Å². The van der Waals surface area contributed by atoms with Crippen LogP contribution in [0.4, 0.5) is 0 Å². The van der Waals surface area contributed by atoms with Crippen molar-refractivity contribution >= 4 is 27.7 Å². The summed E-state index contributed by atoms with van der Waals surface area (Å²) in [6.45, 7) is 2.34. The van der Waals surface area contributed by atoms with Crippen molar-refractivity contribution in [2.45, 2.75) is 29.8 Å². The number of nitrogens with zero attached hydrogens (tertiary/aromatic N) is 2. The molecule has 3 rings (SSSR count). The summed E-state index contributed by atoms with van der Waals surface area (Å²) in [6, 6.07) is 6.38. The van der Waals surface area contributed by atoms with E-state index in [-0.39, 0.29) is 16.4 Å². The smallest absolute Gasteiger partial charge is 0.253 e. The maximum absolute atomic E-state index is 13.0. The first-order chi connectivity index (χ1) is 12.4. The Morgan fingerprint density at radius 2 is 2.00 bits per heavy atom. The number of rotatable bonds is 6. The molecule has 1 spiro atoms. The maximum atomic E-state index is 13.0. The summed E-state index contributed by atoms with van der Waals surface area (Å²) >= 11 is 1.67. The van der Waals surface area contributed by atoms with E-state index in [1.54, 1.807) is 41.9 Å². The van der Waals surface area contributed by atoms with Crippen LogP contribution in [0.15, 0.2) is 29.2 Å². The van der Waals surface area contributed by atoms with Crippen LogP contribution in [0.5, 0.6) is 0 Å². The number of carbonyl (C=O) groups excluding carboxylic acids is 1.